The van der Waals surface area contributed by atoms with Crippen molar-refractivity contribution in [3.8, 4) is 17.6 Å². The molecule has 1 aromatic heterocycles. The molecule has 0 spiro atoms. The number of amides is 1. The maximum atomic E-state index is 13.9. The number of alkyl halides is 3. The van der Waals surface area contributed by atoms with E-state index in [2.05, 4.69) is 15.7 Å². The number of nitriles is 1. The molecule has 3 aromatic rings. The zero-order valence-electron chi connectivity index (χ0n) is 16.9. The Morgan fingerprint density at radius 2 is 1.91 bits per heavy atom. The van der Waals surface area contributed by atoms with Crippen molar-refractivity contribution in [1.82, 2.24) is 9.78 Å². The van der Waals surface area contributed by atoms with Crippen LogP contribution in [0.3, 0.4) is 0 Å². The lowest BCUT2D eigenvalue weighted by Gasteiger charge is -2.33. The lowest BCUT2D eigenvalue weighted by atomic mass is 9.96. The molecular weight excluding hydrogens is 439 g/mol. The van der Waals surface area contributed by atoms with Gasteiger partial charge in [0.2, 0.25) is 6.79 Å². The summed E-state index contributed by atoms with van der Waals surface area (Å²) in [5.74, 6) is 0.424. The summed E-state index contributed by atoms with van der Waals surface area (Å²) in [5.41, 5.74) is 1.24. The number of carbonyl (C=O) groups is 1. The highest BCUT2D eigenvalue weighted by Crippen LogP contribution is 2.45. The molecule has 1 amide bonds. The van der Waals surface area contributed by atoms with Crippen molar-refractivity contribution in [1.29, 1.82) is 5.26 Å². The first-order chi connectivity index (χ1) is 15.8. The fourth-order valence-corrected chi connectivity index (χ4v) is 3.86. The minimum absolute atomic E-state index is 0.0620. The molecule has 0 radical (unpaired) electrons. The number of carbonyl (C=O) groups excluding carboxylic acids is 1. The van der Waals surface area contributed by atoms with Gasteiger partial charge in [-0.2, -0.15) is 23.5 Å². The molecule has 0 aliphatic carbocycles. The van der Waals surface area contributed by atoms with Crippen LogP contribution in [0.5, 0.6) is 11.5 Å². The van der Waals surface area contributed by atoms with Crippen molar-refractivity contribution in [3.05, 3.63) is 65.4 Å². The Morgan fingerprint density at radius 1 is 1.15 bits per heavy atom. The number of benzene rings is 2. The molecule has 2 N–H and O–H groups in total. The maximum Gasteiger partial charge on any atom is 0.410 e. The van der Waals surface area contributed by atoms with Crippen molar-refractivity contribution in [3.63, 3.8) is 0 Å². The molecule has 0 bridgehead atoms. The van der Waals surface area contributed by atoms with E-state index in [1.54, 1.807) is 18.2 Å². The highest BCUT2D eigenvalue weighted by molar-refractivity contribution is 6.03. The fraction of sp³-hybridized carbons (Fsp3) is 0.227. The molecule has 8 nitrogen and oxygen atoms in total. The zero-order chi connectivity index (χ0) is 23.2. The zero-order valence-corrected chi connectivity index (χ0v) is 16.9. The van der Waals surface area contributed by atoms with Crippen molar-refractivity contribution in [2.24, 2.45) is 0 Å². The molecule has 0 saturated carbocycles. The van der Waals surface area contributed by atoms with E-state index in [0.29, 0.717) is 28.3 Å². The van der Waals surface area contributed by atoms with E-state index in [9.17, 15) is 18.0 Å². The average molecular weight is 455 g/mol. The Kier molecular flexibility index (Phi) is 4.85. The molecule has 33 heavy (non-hydrogen) atoms. The second-order valence-electron chi connectivity index (χ2n) is 7.61. The molecule has 0 saturated heterocycles. The monoisotopic (exact) mass is 455 g/mol. The molecule has 168 valence electrons. The van der Waals surface area contributed by atoms with E-state index in [-0.39, 0.29) is 24.7 Å². The molecule has 2 atom stereocenters. The SMILES string of the molecule is N#Cc1ccc(NC(=O)c2cc3n(n2)[C@@H](C(F)(F)F)C[C@@H](c2ccc4c(c2)OCO4)N3)cc1. The first kappa shape index (κ1) is 20.7. The molecule has 3 heterocycles. The van der Waals surface area contributed by atoms with Gasteiger partial charge in [0.1, 0.15) is 5.82 Å². The van der Waals surface area contributed by atoms with Crippen molar-refractivity contribution in [2.45, 2.75) is 24.7 Å². The van der Waals surface area contributed by atoms with Gasteiger partial charge in [0, 0.05) is 18.2 Å². The van der Waals surface area contributed by atoms with E-state index in [1.807, 2.05) is 6.07 Å². The Hall–Kier alpha value is -4.20. The fourth-order valence-electron chi connectivity index (χ4n) is 3.86. The summed E-state index contributed by atoms with van der Waals surface area (Å²) in [4.78, 5) is 12.6. The summed E-state index contributed by atoms with van der Waals surface area (Å²) in [5, 5.41) is 18.4. The molecule has 0 unspecified atom stereocenters. The summed E-state index contributed by atoms with van der Waals surface area (Å²) < 4.78 is 53.1. The average Bonchev–Trinajstić information content (AvgIpc) is 3.44. The molecule has 2 aromatic carbocycles. The van der Waals surface area contributed by atoms with Crippen LogP contribution in [0.2, 0.25) is 0 Å². The molecule has 2 aliphatic rings. The topological polar surface area (TPSA) is 101 Å². The van der Waals surface area contributed by atoms with E-state index < -0.39 is 24.2 Å². The summed E-state index contributed by atoms with van der Waals surface area (Å²) in [7, 11) is 0. The summed E-state index contributed by atoms with van der Waals surface area (Å²) in [6.07, 6.45) is -4.88. The van der Waals surface area contributed by atoms with Crippen molar-refractivity contribution >= 4 is 17.4 Å². The number of hydrogen-bond donors (Lipinski definition) is 2. The first-order valence-corrected chi connectivity index (χ1v) is 9.95. The summed E-state index contributed by atoms with van der Waals surface area (Å²) in [6, 6.07) is 11.7. The quantitative estimate of drug-likeness (QED) is 0.607. The van der Waals surface area contributed by atoms with E-state index in [4.69, 9.17) is 14.7 Å². The second-order valence-corrected chi connectivity index (χ2v) is 7.61. The lowest BCUT2D eigenvalue weighted by Crippen LogP contribution is -2.35. The number of nitrogens with one attached hydrogen (secondary N) is 2. The van der Waals surface area contributed by atoms with Crippen LogP contribution in [-0.4, -0.2) is 28.7 Å². The highest BCUT2D eigenvalue weighted by atomic mass is 19.4. The predicted molar refractivity (Wildman–Crippen MR) is 110 cm³/mol. The molecule has 0 fully saturated rings. The smallest absolute Gasteiger partial charge is 0.410 e. The number of fused-ring (bicyclic) bond motifs is 2. The Balaban J connectivity index is 1.43. The van der Waals surface area contributed by atoms with Crippen LogP contribution in [0, 0.1) is 11.3 Å². The first-order valence-electron chi connectivity index (χ1n) is 9.95. The maximum absolute atomic E-state index is 13.9. The molecular formula is C22H16F3N5O3. The van der Waals surface area contributed by atoms with Crippen LogP contribution in [0.25, 0.3) is 0 Å². The van der Waals surface area contributed by atoms with Gasteiger partial charge in [0.25, 0.3) is 5.91 Å². The lowest BCUT2D eigenvalue weighted by molar-refractivity contribution is -0.173. The van der Waals surface area contributed by atoms with Crippen LogP contribution in [0.1, 0.15) is 40.1 Å². The van der Waals surface area contributed by atoms with Gasteiger partial charge in [0.05, 0.1) is 17.7 Å². The summed E-state index contributed by atoms with van der Waals surface area (Å²) in [6.45, 7) is 0.0620. The molecule has 5 rings (SSSR count). The standard InChI is InChI=1S/C22H16F3N5O3/c23-22(24,25)19-8-15(13-3-6-17-18(7-13)33-11-32-17)28-20-9-16(29-30(19)20)21(31)27-14-4-1-12(10-26)2-5-14/h1-7,9,15,19,28H,8,11H2,(H,27,31)/t15-,19+/m0/s1. The van der Waals surface area contributed by atoms with Crippen LogP contribution in [0.15, 0.2) is 48.5 Å². The van der Waals surface area contributed by atoms with Gasteiger partial charge in [-0.15, -0.1) is 0 Å². The highest BCUT2D eigenvalue weighted by Gasteiger charge is 2.47. The summed E-state index contributed by atoms with van der Waals surface area (Å²) >= 11 is 0. The van der Waals surface area contributed by atoms with Crippen molar-refractivity contribution in [2.75, 3.05) is 17.4 Å². The van der Waals surface area contributed by atoms with Crippen LogP contribution in [-0.2, 0) is 0 Å². The van der Waals surface area contributed by atoms with E-state index in [0.717, 1.165) is 4.68 Å². The van der Waals surface area contributed by atoms with Gasteiger partial charge in [-0.05, 0) is 42.0 Å². The minimum atomic E-state index is -4.57. The number of aromatic nitrogens is 2. The number of anilines is 2. The van der Waals surface area contributed by atoms with E-state index in [1.165, 1.54) is 30.3 Å². The number of ether oxygens (including phenoxy) is 2. The third kappa shape index (κ3) is 3.91. The normalized spacial score (nSPS) is 18.7. The van der Waals surface area contributed by atoms with Gasteiger partial charge in [-0.1, -0.05) is 6.07 Å². The minimum Gasteiger partial charge on any atom is -0.454 e. The number of hydrogen-bond acceptors (Lipinski definition) is 6. The van der Waals surface area contributed by atoms with Crippen LogP contribution < -0.4 is 20.1 Å². The van der Waals surface area contributed by atoms with Gasteiger partial charge in [-0.25, -0.2) is 4.68 Å². The Bertz CT molecular complexity index is 1260. The second kappa shape index (κ2) is 7.74. The molecule has 2 aliphatic heterocycles. The van der Waals surface area contributed by atoms with E-state index >= 15 is 0 Å². The Labute approximate surface area is 185 Å². The largest absolute Gasteiger partial charge is 0.454 e. The number of rotatable bonds is 3. The third-order valence-corrected chi connectivity index (χ3v) is 5.49. The number of nitrogens with zero attached hydrogens (tertiary/aromatic N) is 3. The number of halogens is 3. The van der Waals surface area contributed by atoms with Gasteiger partial charge in [0.15, 0.2) is 23.2 Å². The van der Waals surface area contributed by atoms with Crippen LogP contribution >= 0.6 is 0 Å². The van der Waals surface area contributed by atoms with Gasteiger partial charge in [-0.3, -0.25) is 4.79 Å². The van der Waals surface area contributed by atoms with Crippen LogP contribution in [0.4, 0.5) is 24.7 Å². The third-order valence-electron chi connectivity index (χ3n) is 5.49. The van der Waals surface area contributed by atoms with Gasteiger partial charge < -0.3 is 20.1 Å². The van der Waals surface area contributed by atoms with Gasteiger partial charge >= 0.3 is 6.18 Å². The Morgan fingerprint density at radius 3 is 2.64 bits per heavy atom. The predicted octanol–water partition coefficient (Wildman–Crippen LogP) is 4.40. The molecule has 11 heteroatoms. The van der Waals surface area contributed by atoms with Crippen molar-refractivity contribution < 1.29 is 27.4 Å².